The van der Waals surface area contributed by atoms with Crippen molar-refractivity contribution in [1.82, 2.24) is 5.32 Å². The van der Waals surface area contributed by atoms with E-state index in [2.05, 4.69) is 11.9 Å². The molecule has 118 valence electrons. The minimum Gasteiger partial charge on any atom is -0.465 e. The van der Waals surface area contributed by atoms with E-state index < -0.39 is 17.9 Å². The molecule has 0 radical (unpaired) electrons. The van der Waals surface area contributed by atoms with E-state index in [0.29, 0.717) is 11.3 Å². The number of anilines is 1. The molecule has 0 aliphatic heterocycles. The Bertz CT molecular complexity index is 554. The molecule has 0 bridgehead atoms. The van der Waals surface area contributed by atoms with Gasteiger partial charge in [-0.1, -0.05) is 6.08 Å². The lowest BCUT2D eigenvalue weighted by atomic mass is 10.2. The summed E-state index contributed by atoms with van der Waals surface area (Å²) in [6, 6.07) is 5.75. The monoisotopic (exact) mass is 305 g/mol. The van der Waals surface area contributed by atoms with Crippen molar-refractivity contribution in [2.24, 2.45) is 5.73 Å². The lowest BCUT2D eigenvalue weighted by molar-refractivity contribution is -0.141. The molecule has 1 rings (SSSR count). The molecule has 22 heavy (non-hydrogen) atoms. The summed E-state index contributed by atoms with van der Waals surface area (Å²) >= 11 is 0. The van der Waals surface area contributed by atoms with Gasteiger partial charge in [0.25, 0.3) is 0 Å². The number of urea groups is 1. The Morgan fingerprint density at radius 2 is 1.95 bits per heavy atom. The second-order valence-electron chi connectivity index (χ2n) is 4.27. The number of nitrogens with one attached hydrogen (secondary N) is 1. The molecular formula is C15H19N3O4. The van der Waals surface area contributed by atoms with Gasteiger partial charge in [-0.15, -0.1) is 6.58 Å². The van der Waals surface area contributed by atoms with Gasteiger partial charge in [-0.3, -0.25) is 14.5 Å². The maximum atomic E-state index is 12.1. The fourth-order valence-corrected chi connectivity index (χ4v) is 1.70. The normalized spacial score (nSPS) is 9.68. The fraction of sp³-hybridized carbons (Fsp3) is 0.267. The second-order valence-corrected chi connectivity index (χ2v) is 4.27. The number of primary amides is 1. The predicted molar refractivity (Wildman–Crippen MR) is 82.5 cm³/mol. The van der Waals surface area contributed by atoms with E-state index in [1.54, 1.807) is 25.1 Å². The van der Waals surface area contributed by atoms with Crippen molar-refractivity contribution >= 4 is 23.6 Å². The number of amides is 3. The van der Waals surface area contributed by atoms with Crippen LogP contribution in [0.4, 0.5) is 10.5 Å². The van der Waals surface area contributed by atoms with Crippen molar-refractivity contribution in [2.75, 3.05) is 24.6 Å². The second kappa shape index (κ2) is 8.46. The van der Waals surface area contributed by atoms with Crippen LogP contribution < -0.4 is 16.0 Å². The summed E-state index contributed by atoms with van der Waals surface area (Å²) in [5.74, 6) is -1.06. The first-order valence-corrected chi connectivity index (χ1v) is 6.71. The van der Waals surface area contributed by atoms with Crippen LogP contribution in [0.15, 0.2) is 36.9 Å². The van der Waals surface area contributed by atoms with Crippen LogP contribution in [0.5, 0.6) is 0 Å². The summed E-state index contributed by atoms with van der Waals surface area (Å²) in [5, 5.41) is 2.46. The molecule has 1 aromatic carbocycles. The summed E-state index contributed by atoms with van der Waals surface area (Å²) in [7, 11) is 0. The first-order valence-electron chi connectivity index (χ1n) is 6.71. The lowest BCUT2D eigenvalue weighted by Gasteiger charge is -2.21. The molecule has 0 fully saturated rings. The number of nitrogens with zero attached hydrogens (tertiary/aromatic N) is 1. The molecule has 1 aromatic rings. The van der Waals surface area contributed by atoms with Crippen molar-refractivity contribution in [2.45, 2.75) is 6.92 Å². The Morgan fingerprint density at radius 1 is 1.32 bits per heavy atom. The SMILES string of the molecule is C=CCN(C(=O)NCC(=O)OCC)c1ccc(C(N)=O)cc1. The predicted octanol–water partition coefficient (Wildman–Crippen LogP) is 1.05. The maximum Gasteiger partial charge on any atom is 0.325 e. The van der Waals surface area contributed by atoms with Gasteiger partial charge in [0, 0.05) is 17.8 Å². The summed E-state index contributed by atoms with van der Waals surface area (Å²) in [5.41, 5.74) is 6.06. The van der Waals surface area contributed by atoms with Crippen LogP contribution in [-0.4, -0.2) is 37.6 Å². The number of hydrogen-bond donors (Lipinski definition) is 2. The van der Waals surface area contributed by atoms with Crippen molar-refractivity contribution in [3.63, 3.8) is 0 Å². The molecule has 0 spiro atoms. The summed E-state index contributed by atoms with van der Waals surface area (Å²) in [6.07, 6.45) is 1.55. The van der Waals surface area contributed by atoms with E-state index in [1.165, 1.54) is 17.0 Å². The van der Waals surface area contributed by atoms with Crippen molar-refractivity contribution < 1.29 is 19.1 Å². The summed E-state index contributed by atoms with van der Waals surface area (Å²) in [4.78, 5) is 35.8. The molecule has 0 saturated carbocycles. The molecule has 0 aromatic heterocycles. The Labute approximate surface area is 128 Å². The zero-order valence-corrected chi connectivity index (χ0v) is 12.4. The average Bonchev–Trinajstić information content (AvgIpc) is 2.50. The number of hydrogen-bond acceptors (Lipinski definition) is 4. The van der Waals surface area contributed by atoms with E-state index in [-0.39, 0.29) is 19.7 Å². The van der Waals surface area contributed by atoms with Gasteiger partial charge in [-0.2, -0.15) is 0 Å². The van der Waals surface area contributed by atoms with Gasteiger partial charge in [-0.25, -0.2) is 4.79 Å². The molecule has 0 aliphatic carbocycles. The minimum atomic E-state index is -0.548. The average molecular weight is 305 g/mol. The smallest absolute Gasteiger partial charge is 0.325 e. The van der Waals surface area contributed by atoms with Gasteiger partial charge in [-0.05, 0) is 31.2 Å². The third-order valence-corrected chi connectivity index (χ3v) is 2.71. The van der Waals surface area contributed by atoms with E-state index in [0.717, 1.165) is 0 Å². The lowest BCUT2D eigenvalue weighted by Crippen LogP contribution is -2.42. The van der Waals surface area contributed by atoms with Crippen molar-refractivity contribution in [3.05, 3.63) is 42.5 Å². The maximum absolute atomic E-state index is 12.1. The quantitative estimate of drug-likeness (QED) is 0.580. The van der Waals surface area contributed by atoms with Crippen LogP contribution in [0, 0.1) is 0 Å². The van der Waals surface area contributed by atoms with Gasteiger partial charge in [0.1, 0.15) is 6.54 Å². The molecule has 7 heteroatoms. The first kappa shape index (κ1) is 17.2. The van der Waals surface area contributed by atoms with Gasteiger partial charge in [0.15, 0.2) is 0 Å². The van der Waals surface area contributed by atoms with Crippen molar-refractivity contribution in [1.29, 1.82) is 0 Å². The highest BCUT2D eigenvalue weighted by atomic mass is 16.5. The van der Waals surface area contributed by atoms with E-state index in [4.69, 9.17) is 10.5 Å². The van der Waals surface area contributed by atoms with Crippen LogP contribution in [0.25, 0.3) is 0 Å². The third kappa shape index (κ3) is 4.93. The Kier molecular flexibility index (Phi) is 6.62. The molecule has 0 heterocycles. The molecule has 0 aliphatic rings. The Balaban J connectivity index is 2.79. The Hall–Kier alpha value is -2.83. The number of nitrogens with two attached hydrogens (primary N) is 1. The molecule has 3 amide bonds. The Morgan fingerprint density at radius 3 is 2.45 bits per heavy atom. The highest BCUT2D eigenvalue weighted by Gasteiger charge is 2.15. The van der Waals surface area contributed by atoms with Gasteiger partial charge < -0.3 is 15.8 Å². The molecular weight excluding hydrogens is 286 g/mol. The van der Waals surface area contributed by atoms with Crippen LogP contribution in [0.3, 0.4) is 0 Å². The summed E-state index contributed by atoms with van der Waals surface area (Å²) < 4.78 is 4.74. The first-order chi connectivity index (χ1) is 10.5. The van der Waals surface area contributed by atoms with Crippen molar-refractivity contribution in [3.8, 4) is 0 Å². The highest BCUT2D eigenvalue weighted by Crippen LogP contribution is 2.15. The minimum absolute atomic E-state index is 0.223. The largest absolute Gasteiger partial charge is 0.465 e. The highest BCUT2D eigenvalue weighted by molar-refractivity contribution is 5.96. The van der Waals surface area contributed by atoms with E-state index >= 15 is 0 Å². The van der Waals surface area contributed by atoms with Gasteiger partial charge in [0.2, 0.25) is 5.91 Å². The third-order valence-electron chi connectivity index (χ3n) is 2.71. The topological polar surface area (TPSA) is 102 Å². The molecule has 3 N–H and O–H groups in total. The van der Waals surface area contributed by atoms with Crippen LogP contribution >= 0.6 is 0 Å². The van der Waals surface area contributed by atoms with Crippen LogP contribution in [0.2, 0.25) is 0 Å². The van der Waals surface area contributed by atoms with Gasteiger partial charge >= 0.3 is 12.0 Å². The zero-order chi connectivity index (χ0) is 16.5. The number of carbonyl (C=O) groups is 3. The van der Waals surface area contributed by atoms with Crippen LogP contribution in [-0.2, 0) is 9.53 Å². The van der Waals surface area contributed by atoms with Crippen LogP contribution in [0.1, 0.15) is 17.3 Å². The summed E-state index contributed by atoms with van der Waals surface area (Å²) in [6.45, 7) is 5.54. The zero-order valence-electron chi connectivity index (χ0n) is 12.4. The number of ether oxygens (including phenoxy) is 1. The molecule has 0 unspecified atom stereocenters. The standard InChI is InChI=1S/C15H19N3O4/c1-3-9-18(15(21)17-10-13(19)22-4-2)12-7-5-11(6-8-12)14(16)20/h3,5-8H,1,4,9-10H2,2H3,(H2,16,20)(H,17,21). The molecule has 7 nitrogen and oxygen atoms in total. The van der Waals surface area contributed by atoms with E-state index in [9.17, 15) is 14.4 Å². The number of benzene rings is 1. The fourth-order valence-electron chi connectivity index (χ4n) is 1.70. The van der Waals surface area contributed by atoms with Gasteiger partial charge in [0.05, 0.1) is 6.61 Å². The molecule has 0 atom stereocenters. The number of esters is 1. The number of rotatable bonds is 7. The molecule has 0 saturated heterocycles. The van der Waals surface area contributed by atoms with E-state index in [1.807, 2.05) is 0 Å². The number of carbonyl (C=O) groups excluding carboxylic acids is 3.